The molecule has 5 heteroatoms. The highest BCUT2D eigenvalue weighted by Gasteiger charge is 2.26. The molecule has 5 nitrogen and oxygen atoms in total. The molecule has 2 heterocycles. The first-order valence-electron chi connectivity index (χ1n) is 10.7. The molecule has 0 aromatic heterocycles. The van der Waals surface area contributed by atoms with Crippen LogP contribution in [0.15, 0.2) is 35.3 Å². The normalized spacial score (nSPS) is 23.6. The summed E-state index contributed by atoms with van der Waals surface area (Å²) in [6.45, 7) is 13.1. The topological polar surface area (TPSA) is 34.1 Å². The van der Waals surface area contributed by atoms with Crippen molar-refractivity contribution in [3.8, 4) is 0 Å². The molecule has 1 aromatic rings. The van der Waals surface area contributed by atoms with Gasteiger partial charge in [0.05, 0.1) is 0 Å². The number of benzene rings is 1. The van der Waals surface area contributed by atoms with Crippen LogP contribution >= 0.6 is 0 Å². The van der Waals surface area contributed by atoms with Gasteiger partial charge in [-0.05, 0) is 44.8 Å². The Bertz CT molecular complexity index is 580. The van der Waals surface area contributed by atoms with Crippen molar-refractivity contribution in [1.29, 1.82) is 0 Å². The second-order valence-corrected chi connectivity index (χ2v) is 7.97. The molecule has 0 bridgehead atoms. The first-order chi connectivity index (χ1) is 13.2. The molecule has 2 atom stereocenters. The molecule has 1 aromatic carbocycles. The summed E-state index contributed by atoms with van der Waals surface area (Å²) < 4.78 is 0. The second kappa shape index (κ2) is 10.1. The van der Waals surface area contributed by atoms with E-state index in [1.54, 1.807) is 0 Å². The standard InChI is InChI=1S/C22H37N5/c1-4-21(20-9-7-6-8-10-20)26-13-15-27(16-14-26)22(23-5-2)24-17-19-11-12-25(3)18-19/h6-10,19,21H,4-5,11-18H2,1-3H3,(H,23,24). The van der Waals surface area contributed by atoms with Crippen molar-refractivity contribution >= 4 is 5.96 Å². The number of guanidine groups is 1. The lowest BCUT2D eigenvalue weighted by Crippen LogP contribution is -2.53. The zero-order chi connectivity index (χ0) is 19.1. The van der Waals surface area contributed by atoms with Gasteiger partial charge >= 0.3 is 0 Å². The maximum atomic E-state index is 4.99. The predicted octanol–water partition coefficient (Wildman–Crippen LogP) is 2.67. The Hall–Kier alpha value is -1.59. The van der Waals surface area contributed by atoms with E-state index in [0.717, 1.165) is 51.6 Å². The maximum Gasteiger partial charge on any atom is 0.194 e. The predicted molar refractivity (Wildman–Crippen MR) is 114 cm³/mol. The highest BCUT2D eigenvalue weighted by molar-refractivity contribution is 5.80. The van der Waals surface area contributed by atoms with E-state index in [1.807, 2.05) is 0 Å². The van der Waals surface area contributed by atoms with Gasteiger partial charge in [-0.15, -0.1) is 0 Å². The Balaban J connectivity index is 1.56. The van der Waals surface area contributed by atoms with Crippen LogP contribution in [0.2, 0.25) is 0 Å². The van der Waals surface area contributed by atoms with Crippen LogP contribution < -0.4 is 5.32 Å². The van der Waals surface area contributed by atoms with E-state index in [2.05, 4.69) is 71.2 Å². The minimum absolute atomic E-state index is 0.530. The number of likely N-dealkylation sites (tertiary alicyclic amines) is 1. The van der Waals surface area contributed by atoms with Crippen molar-refractivity contribution in [3.63, 3.8) is 0 Å². The van der Waals surface area contributed by atoms with Crippen LogP contribution in [0.1, 0.15) is 38.3 Å². The minimum Gasteiger partial charge on any atom is -0.357 e. The van der Waals surface area contributed by atoms with E-state index in [1.165, 1.54) is 25.1 Å². The SMILES string of the molecule is CCNC(=NCC1CCN(C)C1)N1CCN(C(CC)c2ccccc2)CC1. The lowest BCUT2D eigenvalue weighted by Gasteiger charge is -2.40. The molecule has 2 fully saturated rings. The zero-order valence-electron chi connectivity index (χ0n) is 17.4. The van der Waals surface area contributed by atoms with Crippen LogP contribution in [0.3, 0.4) is 0 Å². The van der Waals surface area contributed by atoms with Gasteiger partial charge in [0.15, 0.2) is 5.96 Å². The van der Waals surface area contributed by atoms with E-state index in [9.17, 15) is 0 Å². The summed E-state index contributed by atoms with van der Waals surface area (Å²) in [5.41, 5.74) is 1.44. The van der Waals surface area contributed by atoms with E-state index in [0.29, 0.717) is 12.0 Å². The Morgan fingerprint density at radius 1 is 1.11 bits per heavy atom. The van der Waals surface area contributed by atoms with E-state index in [4.69, 9.17) is 4.99 Å². The molecule has 2 unspecified atom stereocenters. The van der Waals surface area contributed by atoms with Crippen LogP contribution in [0.5, 0.6) is 0 Å². The molecule has 2 saturated heterocycles. The van der Waals surface area contributed by atoms with Gasteiger partial charge in [-0.2, -0.15) is 0 Å². The van der Waals surface area contributed by atoms with E-state index in [-0.39, 0.29) is 0 Å². The number of hydrogen-bond acceptors (Lipinski definition) is 3. The third-order valence-electron chi connectivity index (χ3n) is 5.95. The number of rotatable bonds is 6. The van der Waals surface area contributed by atoms with Gasteiger partial charge in [-0.25, -0.2) is 0 Å². The van der Waals surface area contributed by atoms with Gasteiger partial charge in [0.1, 0.15) is 0 Å². The Labute approximate surface area is 165 Å². The summed E-state index contributed by atoms with van der Waals surface area (Å²) in [4.78, 5) is 12.5. The van der Waals surface area contributed by atoms with Crippen molar-refractivity contribution in [1.82, 2.24) is 20.0 Å². The van der Waals surface area contributed by atoms with Crippen molar-refractivity contribution in [2.24, 2.45) is 10.9 Å². The Kier molecular flexibility index (Phi) is 7.53. The molecule has 0 radical (unpaired) electrons. The van der Waals surface area contributed by atoms with E-state index >= 15 is 0 Å². The number of hydrogen-bond donors (Lipinski definition) is 1. The molecule has 2 aliphatic heterocycles. The molecule has 0 spiro atoms. The molecule has 2 aliphatic rings. The van der Waals surface area contributed by atoms with Crippen LogP contribution in [0, 0.1) is 5.92 Å². The largest absolute Gasteiger partial charge is 0.357 e. The molecule has 3 rings (SSSR count). The van der Waals surface area contributed by atoms with Crippen molar-refractivity contribution in [2.45, 2.75) is 32.7 Å². The lowest BCUT2D eigenvalue weighted by molar-refractivity contribution is 0.127. The first kappa shape index (κ1) is 20.2. The number of nitrogens with zero attached hydrogens (tertiary/aromatic N) is 4. The van der Waals surface area contributed by atoms with Gasteiger partial charge in [0.25, 0.3) is 0 Å². The fraction of sp³-hybridized carbons (Fsp3) is 0.682. The first-order valence-corrected chi connectivity index (χ1v) is 10.7. The summed E-state index contributed by atoms with van der Waals surface area (Å²) in [7, 11) is 2.21. The van der Waals surface area contributed by atoms with Gasteiger partial charge in [-0.3, -0.25) is 9.89 Å². The Morgan fingerprint density at radius 3 is 2.44 bits per heavy atom. The number of aliphatic imine (C=N–C) groups is 1. The van der Waals surface area contributed by atoms with Gasteiger partial charge in [0.2, 0.25) is 0 Å². The highest BCUT2D eigenvalue weighted by Crippen LogP contribution is 2.25. The third kappa shape index (κ3) is 5.45. The second-order valence-electron chi connectivity index (χ2n) is 7.97. The maximum absolute atomic E-state index is 4.99. The van der Waals surface area contributed by atoms with Crippen LogP contribution in [-0.4, -0.2) is 80.1 Å². The fourth-order valence-electron chi connectivity index (χ4n) is 4.44. The van der Waals surface area contributed by atoms with Crippen LogP contribution in [-0.2, 0) is 0 Å². The molecule has 1 N–H and O–H groups in total. The lowest BCUT2D eigenvalue weighted by atomic mass is 10.0. The minimum atomic E-state index is 0.530. The summed E-state index contributed by atoms with van der Waals surface area (Å²) >= 11 is 0. The van der Waals surface area contributed by atoms with Crippen molar-refractivity contribution in [3.05, 3.63) is 35.9 Å². The van der Waals surface area contributed by atoms with Crippen LogP contribution in [0.25, 0.3) is 0 Å². The van der Waals surface area contributed by atoms with Gasteiger partial charge in [-0.1, -0.05) is 37.3 Å². The summed E-state index contributed by atoms with van der Waals surface area (Å²) in [5, 5.41) is 3.52. The van der Waals surface area contributed by atoms with Gasteiger partial charge < -0.3 is 15.1 Å². The average Bonchev–Trinajstić information content (AvgIpc) is 3.12. The number of piperazine rings is 1. The zero-order valence-corrected chi connectivity index (χ0v) is 17.4. The quantitative estimate of drug-likeness (QED) is 0.616. The molecule has 0 aliphatic carbocycles. The number of nitrogens with one attached hydrogen (secondary N) is 1. The Morgan fingerprint density at radius 2 is 1.85 bits per heavy atom. The molecular weight excluding hydrogens is 334 g/mol. The average molecular weight is 372 g/mol. The molecule has 150 valence electrons. The van der Waals surface area contributed by atoms with Crippen LogP contribution in [0.4, 0.5) is 0 Å². The summed E-state index contributed by atoms with van der Waals surface area (Å²) in [6, 6.07) is 11.5. The van der Waals surface area contributed by atoms with E-state index < -0.39 is 0 Å². The highest BCUT2D eigenvalue weighted by atomic mass is 15.4. The monoisotopic (exact) mass is 371 g/mol. The molecule has 0 amide bonds. The van der Waals surface area contributed by atoms with Crippen molar-refractivity contribution < 1.29 is 0 Å². The van der Waals surface area contributed by atoms with Crippen molar-refractivity contribution in [2.75, 3.05) is 59.4 Å². The fourth-order valence-corrected chi connectivity index (χ4v) is 4.44. The molecule has 27 heavy (non-hydrogen) atoms. The van der Waals surface area contributed by atoms with Gasteiger partial charge in [0, 0.05) is 51.9 Å². The smallest absolute Gasteiger partial charge is 0.194 e. The third-order valence-corrected chi connectivity index (χ3v) is 5.95. The molecule has 0 saturated carbocycles. The summed E-state index contributed by atoms with van der Waals surface area (Å²) in [5.74, 6) is 1.83. The molecular formula is C22H37N5. The summed E-state index contributed by atoms with van der Waals surface area (Å²) in [6.07, 6.45) is 2.44.